The van der Waals surface area contributed by atoms with Crippen LogP contribution in [0.2, 0.25) is 0 Å². The van der Waals surface area contributed by atoms with Gasteiger partial charge in [0, 0.05) is 54.9 Å². The zero-order valence-corrected chi connectivity index (χ0v) is 14.4. The Hall–Kier alpha value is 1.32. The number of ether oxygens (including phenoxy) is 1. The molecular weight excluding hydrogens is 395 g/mol. The molecule has 3 atom stereocenters. The minimum Gasteiger partial charge on any atom is -0.392 e. The Bertz CT molecular complexity index is 184. The van der Waals surface area contributed by atoms with Crippen molar-refractivity contribution in [1.82, 2.24) is 0 Å². The normalized spacial score (nSPS) is 40.1. The Labute approximate surface area is 122 Å². The molecule has 81 valence electrons. The predicted octanol–water partition coefficient (Wildman–Crippen LogP) is 1.14. The fourth-order valence-electron chi connectivity index (χ4n) is 1.86. The average molecular weight is 415 g/mol. The Morgan fingerprint density at radius 2 is 1.43 bits per heavy atom. The van der Waals surface area contributed by atoms with Gasteiger partial charge < -0.3 is 14.9 Å². The fraction of sp³-hybridized carbons (Fsp3) is 1.00. The molecule has 2 N–H and O–H groups in total. The van der Waals surface area contributed by atoms with Crippen molar-refractivity contribution in [1.29, 1.82) is 0 Å². The Morgan fingerprint density at radius 1 is 1.00 bits per heavy atom. The van der Waals surface area contributed by atoms with Crippen LogP contribution < -0.4 is 0 Å². The van der Waals surface area contributed by atoms with Crippen LogP contribution in [0.5, 0.6) is 0 Å². The number of aliphatic hydroxyl groups is 2. The van der Waals surface area contributed by atoms with Crippen molar-refractivity contribution in [3.8, 4) is 0 Å². The van der Waals surface area contributed by atoms with Gasteiger partial charge in [0.1, 0.15) is 0 Å². The van der Waals surface area contributed by atoms with Crippen molar-refractivity contribution >= 4 is 0 Å². The second-order valence-corrected chi connectivity index (χ2v) is 5.18. The van der Waals surface area contributed by atoms with Crippen LogP contribution in [0.1, 0.15) is 34.6 Å². The topological polar surface area (TPSA) is 49.7 Å². The molecule has 4 heteroatoms. The minimum atomic E-state index is -0.884. The average Bonchev–Trinajstić information content (AvgIpc) is 2.00. The molecular formula is C10H20AcO3. The smallest absolute Gasteiger partial charge is 0.162 e. The summed E-state index contributed by atoms with van der Waals surface area (Å²) in [6.45, 7) is 9.42. The number of rotatable bonds is 0. The van der Waals surface area contributed by atoms with E-state index in [-0.39, 0.29) is 55.6 Å². The van der Waals surface area contributed by atoms with E-state index in [9.17, 15) is 10.2 Å². The van der Waals surface area contributed by atoms with Crippen LogP contribution in [0, 0.1) is 54.9 Å². The van der Waals surface area contributed by atoms with E-state index in [0.29, 0.717) is 0 Å². The third-order valence-electron chi connectivity index (χ3n) is 3.43. The van der Waals surface area contributed by atoms with E-state index in [2.05, 4.69) is 0 Å². The Morgan fingerprint density at radius 3 is 1.86 bits per heavy atom. The van der Waals surface area contributed by atoms with Crippen LogP contribution in [0.15, 0.2) is 0 Å². The van der Waals surface area contributed by atoms with Gasteiger partial charge in [-0.3, -0.25) is 0 Å². The van der Waals surface area contributed by atoms with Crippen molar-refractivity contribution in [3.63, 3.8) is 0 Å². The summed E-state index contributed by atoms with van der Waals surface area (Å²) in [5, 5.41) is 19.7. The standard InChI is InChI=1S/C10H20O3.Ac/c1-6-9(2,3)7(11)10(4,5)8(12)13-6;/h6-8,11-12H,1-5H3;. The second kappa shape index (κ2) is 4.67. The van der Waals surface area contributed by atoms with Crippen LogP contribution in [0.4, 0.5) is 0 Å². The molecule has 0 aliphatic carbocycles. The van der Waals surface area contributed by atoms with Crippen LogP contribution >= 0.6 is 0 Å². The van der Waals surface area contributed by atoms with Crippen LogP contribution in [0.3, 0.4) is 0 Å². The monoisotopic (exact) mass is 415 g/mol. The molecule has 3 unspecified atom stereocenters. The zero-order valence-electron chi connectivity index (χ0n) is 9.61. The van der Waals surface area contributed by atoms with E-state index in [1.165, 1.54) is 0 Å². The molecule has 1 aliphatic heterocycles. The summed E-state index contributed by atoms with van der Waals surface area (Å²) in [7, 11) is 0. The molecule has 0 spiro atoms. The molecule has 0 amide bonds. The Kier molecular flexibility index (Phi) is 5.11. The third kappa shape index (κ3) is 2.35. The number of hydrogen-bond acceptors (Lipinski definition) is 3. The van der Waals surface area contributed by atoms with Gasteiger partial charge in [0.2, 0.25) is 0 Å². The van der Waals surface area contributed by atoms with E-state index < -0.39 is 17.8 Å². The van der Waals surface area contributed by atoms with E-state index in [4.69, 9.17) is 4.74 Å². The van der Waals surface area contributed by atoms with E-state index in [0.717, 1.165) is 0 Å². The summed E-state index contributed by atoms with van der Waals surface area (Å²) < 4.78 is 5.38. The maximum absolute atomic E-state index is 10.1. The largest absolute Gasteiger partial charge is 0.392 e. The maximum atomic E-state index is 10.1. The summed E-state index contributed by atoms with van der Waals surface area (Å²) in [6, 6.07) is 0. The molecule has 1 aliphatic rings. The summed E-state index contributed by atoms with van der Waals surface area (Å²) in [5.41, 5.74) is -0.918. The van der Waals surface area contributed by atoms with E-state index in [1.54, 1.807) is 0 Å². The van der Waals surface area contributed by atoms with Gasteiger partial charge in [-0.15, -0.1) is 0 Å². The number of hydrogen-bond donors (Lipinski definition) is 2. The van der Waals surface area contributed by atoms with Crippen molar-refractivity contribution in [2.75, 3.05) is 0 Å². The first kappa shape index (κ1) is 15.3. The SMILES string of the molecule is CC1OC(O)C(C)(C)C(O)C1(C)C.[Ac]. The van der Waals surface area contributed by atoms with Gasteiger partial charge in [-0.05, 0) is 6.92 Å². The van der Waals surface area contributed by atoms with E-state index in [1.807, 2.05) is 34.6 Å². The first-order chi connectivity index (χ1) is 5.70. The molecule has 0 aromatic carbocycles. The van der Waals surface area contributed by atoms with Crippen LogP contribution in [0.25, 0.3) is 0 Å². The molecule has 0 bridgehead atoms. The summed E-state index contributed by atoms with van der Waals surface area (Å²) in [6.07, 6.45) is -1.57. The summed E-state index contributed by atoms with van der Waals surface area (Å²) in [4.78, 5) is 0. The van der Waals surface area contributed by atoms with Gasteiger partial charge in [0.25, 0.3) is 0 Å². The van der Waals surface area contributed by atoms with Crippen LogP contribution in [-0.2, 0) is 4.74 Å². The molecule has 14 heavy (non-hydrogen) atoms. The van der Waals surface area contributed by atoms with Crippen molar-refractivity contribution in [2.24, 2.45) is 10.8 Å². The quantitative estimate of drug-likeness (QED) is 0.624. The van der Waals surface area contributed by atoms with Crippen molar-refractivity contribution < 1.29 is 59.0 Å². The Balaban J connectivity index is 0.00000169. The van der Waals surface area contributed by atoms with E-state index >= 15 is 0 Å². The van der Waals surface area contributed by atoms with Crippen molar-refractivity contribution in [3.05, 3.63) is 0 Å². The molecule has 0 aromatic rings. The van der Waals surface area contributed by atoms with Gasteiger partial charge in [-0.25, -0.2) is 0 Å². The molecule has 3 nitrogen and oxygen atoms in total. The number of aliphatic hydroxyl groups excluding tert-OH is 2. The summed E-state index contributed by atoms with van der Waals surface area (Å²) in [5.74, 6) is 0. The second-order valence-electron chi connectivity index (χ2n) is 5.18. The molecule has 1 saturated heterocycles. The maximum Gasteiger partial charge on any atom is 0.162 e. The minimum absolute atomic E-state index is 0. The zero-order chi connectivity index (χ0) is 10.4. The molecule has 1 fully saturated rings. The van der Waals surface area contributed by atoms with Crippen LogP contribution in [-0.4, -0.2) is 28.7 Å². The van der Waals surface area contributed by atoms with Gasteiger partial charge in [-0.1, -0.05) is 27.7 Å². The first-order valence-electron chi connectivity index (χ1n) is 4.72. The molecule has 0 aromatic heterocycles. The van der Waals surface area contributed by atoms with Gasteiger partial charge in [0.15, 0.2) is 6.29 Å². The van der Waals surface area contributed by atoms with Gasteiger partial charge >= 0.3 is 0 Å². The van der Waals surface area contributed by atoms with Gasteiger partial charge in [-0.2, -0.15) is 0 Å². The summed E-state index contributed by atoms with van der Waals surface area (Å²) >= 11 is 0. The first-order valence-corrected chi connectivity index (χ1v) is 4.72. The fourth-order valence-corrected chi connectivity index (χ4v) is 1.86. The molecule has 0 saturated carbocycles. The third-order valence-corrected chi connectivity index (χ3v) is 3.43. The molecule has 1 rings (SSSR count). The van der Waals surface area contributed by atoms with Gasteiger partial charge in [0.05, 0.1) is 12.2 Å². The molecule has 1 heterocycles. The molecule has 1 radical (unpaired) electrons. The predicted molar refractivity (Wildman–Crippen MR) is 50.1 cm³/mol. The van der Waals surface area contributed by atoms with Crippen molar-refractivity contribution in [2.45, 2.75) is 53.1 Å².